The predicted octanol–water partition coefficient (Wildman–Crippen LogP) is 2.41. The molecule has 0 amide bonds. The molecule has 0 atom stereocenters. The molecule has 14 heavy (non-hydrogen) atoms. The van der Waals surface area contributed by atoms with E-state index in [0.717, 1.165) is 11.1 Å². The van der Waals surface area contributed by atoms with Gasteiger partial charge in [0.25, 0.3) is 0 Å². The quantitative estimate of drug-likeness (QED) is 0.547. The molecule has 1 rings (SSSR count). The van der Waals surface area contributed by atoms with E-state index >= 15 is 0 Å². The van der Waals surface area contributed by atoms with Crippen LogP contribution in [0.15, 0.2) is 18.2 Å². The maximum Gasteiger partial charge on any atom is 0.373 e. The molecule has 0 aliphatic rings. The maximum absolute atomic E-state index is 11.4. The summed E-state index contributed by atoms with van der Waals surface area (Å²) in [5, 5.41) is 0. The lowest BCUT2D eigenvalue weighted by Crippen LogP contribution is -2.07. The van der Waals surface area contributed by atoms with Gasteiger partial charge in [-0.15, -0.1) is 0 Å². The first kappa shape index (κ1) is 10.7. The second-order valence-electron chi connectivity index (χ2n) is 3.10. The van der Waals surface area contributed by atoms with Crippen molar-refractivity contribution in [1.29, 1.82) is 0 Å². The Morgan fingerprint density at radius 1 is 1.36 bits per heavy atom. The number of carbonyl (C=O) groups excluding carboxylic acids is 1. The second kappa shape index (κ2) is 4.77. The van der Waals surface area contributed by atoms with Gasteiger partial charge in [0.05, 0.1) is 12.2 Å². The number of carbonyl (C=O) groups is 1. The van der Waals surface area contributed by atoms with E-state index in [1.54, 1.807) is 13.0 Å². The minimum atomic E-state index is -0.440. The average molecular weight is 194 g/mol. The van der Waals surface area contributed by atoms with Gasteiger partial charge in [0.15, 0.2) is 0 Å². The zero-order valence-electron chi connectivity index (χ0n) is 8.66. The van der Waals surface area contributed by atoms with Crippen LogP contribution < -0.4 is 0 Å². The lowest BCUT2D eigenvalue weighted by Gasteiger charge is -2.05. The Morgan fingerprint density at radius 2 is 2.07 bits per heavy atom. The molecule has 0 saturated carbocycles. The molecule has 0 bridgehead atoms. The summed E-state index contributed by atoms with van der Waals surface area (Å²) in [4.78, 5) is 20.5. The molecular weight excluding hydrogens is 180 g/mol. The minimum Gasteiger partial charge on any atom is -0.293 e. The molecule has 0 aliphatic heterocycles. The molecule has 1 aromatic carbocycles. The van der Waals surface area contributed by atoms with Crippen LogP contribution in [-0.4, -0.2) is 12.6 Å². The Kier molecular flexibility index (Phi) is 3.65. The molecule has 0 radical (unpaired) electrons. The summed E-state index contributed by atoms with van der Waals surface area (Å²) in [6, 6.07) is 5.55. The number of hydrogen-bond acceptors (Lipinski definition) is 3. The van der Waals surface area contributed by atoms with Gasteiger partial charge in [-0.25, -0.2) is 4.79 Å². The van der Waals surface area contributed by atoms with Crippen molar-refractivity contribution in [2.75, 3.05) is 6.61 Å². The number of benzene rings is 1. The normalized spacial score (nSPS) is 9.93. The monoisotopic (exact) mass is 194 g/mol. The van der Waals surface area contributed by atoms with Crippen molar-refractivity contribution in [3.63, 3.8) is 0 Å². The first-order valence-corrected chi connectivity index (χ1v) is 4.56. The third kappa shape index (κ3) is 2.57. The average Bonchev–Trinajstić information content (AvgIpc) is 2.14. The molecule has 0 fully saturated rings. The van der Waals surface area contributed by atoms with E-state index in [1.807, 2.05) is 26.0 Å². The third-order valence-electron chi connectivity index (χ3n) is 1.85. The van der Waals surface area contributed by atoms with Gasteiger partial charge in [-0.2, -0.15) is 4.89 Å². The summed E-state index contributed by atoms with van der Waals surface area (Å²) >= 11 is 0. The third-order valence-corrected chi connectivity index (χ3v) is 1.85. The first-order valence-electron chi connectivity index (χ1n) is 4.56. The van der Waals surface area contributed by atoms with Crippen LogP contribution in [0, 0.1) is 13.8 Å². The van der Waals surface area contributed by atoms with Crippen LogP contribution in [0.4, 0.5) is 0 Å². The Balaban J connectivity index is 2.80. The van der Waals surface area contributed by atoms with Crippen molar-refractivity contribution >= 4 is 5.97 Å². The molecule has 0 unspecified atom stereocenters. The van der Waals surface area contributed by atoms with Gasteiger partial charge in [0.2, 0.25) is 0 Å². The smallest absolute Gasteiger partial charge is 0.293 e. The van der Waals surface area contributed by atoms with E-state index in [0.29, 0.717) is 12.2 Å². The highest BCUT2D eigenvalue weighted by Crippen LogP contribution is 2.11. The number of hydrogen-bond donors (Lipinski definition) is 0. The van der Waals surface area contributed by atoms with Gasteiger partial charge in [-0.05, 0) is 32.4 Å². The fourth-order valence-electron chi connectivity index (χ4n) is 1.20. The van der Waals surface area contributed by atoms with Gasteiger partial charge < -0.3 is 0 Å². The Morgan fingerprint density at radius 3 is 2.64 bits per heavy atom. The maximum atomic E-state index is 11.4. The molecule has 0 aromatic heterocycles. The molecule has 0 heterocycles. The molecule has 0 aliphatic carbocycles. The molecule has 0 N–H and O–H groups in total. The van der Waals surface area contributed by atoms with Crippen molar-refractivity contribution in [3.8, 4) is 0 Å². The SMILES string of the molecule is CCOOC(=O)c1ccc(C)cc1C. The fourth-order valence-corrected chi connectivity index (χ4v) is 1.20. The summed E-state index contributed by atoms with van der Waals surface area (Å²) in [6.07, 6.45) is 0. The Bertz CT molecular complexity index is 331. The van der Waals surface area contributed by atoms with Crippen molar-refractivity contribution in [2.24, 2.45) is 0 Å². The van der Waals surface area contributed by atoms with Crippen LogP contribution in [0.25, 0.3) is 0 Å². The highest BCUT2D eigenvalue weighted by molar-refractivity contribution is 5.90. The van der Waals surface area contributed by atoms with Gasteiger partial charge in [-0.3, -0.25) is 4.89 Å². The molecule has 1 aromatic rings. The largest absolute Gasteiger partial charge is 0.373 e. The highest BCUT2D eigenvalue weighted by atomic mass is 17.2. The van der Waals surface area contributed by atoms with Crippen molar-refractivity contribution in [1.82, 2.24) is 0 Å². The molecule has 3 nitrogen and oxygen atoms in total. The van der Waals surface area contributed by atoms with Crippen LogP contribution >= 0.6 is 0 Å². The van der Waals surface area contributed by atoms with E-state index in [1.165, 1.54) is 0 Å². The van der Waals surface area contributed by atoms with E-state index in [2.05, 4.69) is 9.78 Å². The molecular formula is C11H14O3. The summed E-state index contributed by atoms with van der Waals surface area (Å²) in [6.45, 7) is 5.96. The summed E-state index contributed by atoms with van der Waals surface area (Å²) in [5.41, 5.74) is 2.56. The predicted molar refractivity (Wildman–Crippen MR) is 53.0 cm³/mol. The molecule has 76 valence electrons. The second-order valence-corrected chi connectivity index (χ2v) is 3.10. The van der Waals surface area contributed by atoms with Crippen LogP contribution in [0.3, 0.4) is 0 Å². The van der Waals surface area contributed by atoms with E-state index in [-0.39, 0.29) is 0 Å². The van der Waals surface area contributed by atoms with Crippen molar-refractivity contribution < 1.29 is 14.6 Å². The summed E-state index contributed by atoms with van der Waals surface area (Å²) < 4.78 is 0. The summed E-state index contributed by atoms with van der Waals surface area (Å²) in [5.74, 6) is -0.440. The van der Waals surface area contributed by atoms with Crippen LogP contribution in [0.5, 0.6) is 0 Å². The number of aryl methyl sites for hydroxylation is 2. The number of rotatable bonds is 3. The van der Waals surface area contributed by atoms with Crippen LogP contribution in [0.2, 0.25) is 0 Å². The Labute approximate surface area is 83.6 Å². The van der Waals surface area contributed by atoms with Gasteiger partial charge in [-0.1, -0.05) is 17.7 Å². The standard InChI is InChI=1S/C11H14O3/c1-4-13-14-11(12)10-6-5-8(2)7-9(10)3/h5-7H,4H2,1-3H3. The van der Waals surface area contributed by atoms with E-state index in [4.69, 9.17) is 0 Å². The molecule has 3 heteroatoms. The zero-order chi connectivity index (χ0) is 10.6. The highest BCUT2D eigenvalue weighted by Gasteiger charge is 2.10. The Hall–Kier alpha value is -1.35. The molecule has 0 spiro atoms. The van der Waals surface area contributed by atoms with E-state index < -0.39 is 5.97 Å². The van der Waals surface area contributed by atoms with Crippen LogP contribution in [-0.2, 0) is 9.78 Å². The van der Waals surface area contributed by atoms with Crippen LogP contribution in [0.1, 0.15) is 28.4 Å². The topological polar surface area (TPSA) is 35.5 Å². The fraction of sp³-hybridized carbons (Fsp3) is 0.364. The first-order chi connectivity index (χ1) is 6.65. The minimum absolute atomic E-state index is 0.358. The van der Waals surface area contributed by atoms with Crippen molar-refractivity contribution in [2.45, 2.75) is 20.8 Å². The lowest BCUT2D eigenvalue weighted by molar-refractivity contribution is -0.236. The van der Waals surface area contributed by atoms with Gasteiger partial charge >= 0.3 is 5.97 Å². The van der Waals surface area contributed by atoms with Gasteiger partial charge in [0, 0.05) is 0 Å². The lowest BCUT2D eigenvalue weighted by atomic mass is 10.1. The molecule has 0 saturated heterocycles. The van der Waals surface area contributed by atoms with E-state index in [9.17, 15) is 4.79 Å². The summed E-state index contributed by atoms with van der Waals surface area (Å²) in [7, 11) is 0. The van der Waals surface area contributed by atoms with Crippen molar-refractivity contribution in [3.05, 3.63) is 34.9 Å². The van der Waals surface area contributed by atoms with Gasteiger partial charge in [0.1, 0.15) is 0 Å². The zero-order valence-corrected chi connectivity index (χ0v) is 8.66.